The summed E-state index contributed by atoms with van der Waals surface area (Å²) in [5.74, 6) is -1.38. The third-order valence-corrected chi connectivity index (χ3v) is 4.49. The van der Waals surface area contributed by atoms with Crippen molar-refractivity contribution < 1.29 is 14.7 Å². The minimum absolute atomic E-state index is 0.0228. The SMILES string of the molecule is CC(C(=O)NC(C)(CC(=O)O)C(C)C)c1ccc(Br)cc1. The summed E-state index contributed by atoms with van der Waals surface area (Å²) in [4.78, 5) is 23.4. The summed E-state index contributed by atoms with van der Waals surface area (Å²) in [6, 6.07) is 7.55. The van der Waals surface area contributed by atoms with E-state index in [1.165, 1.54) is 0 Å². The highest BCUT2D eigenvalue weighted by Gasteiger charge is 2.34. The molecule has 116 valence electrons. The summed E-state index contributed by atoms with van der Waals surface area (Å²) in [5, 5.41) is 11.9. The molecule has 0 fully saturated rings. The topological polar surface area (TPSA) is 66.4 Å². The monoisotopic (exact) mass is 355 g/mol. The summed E-state index contributed by atoms with van der Waals surface area (Å²) in [6.45, 7) is 7.42. The van der Waals surface area contributed by atoms with Crippen LogP contribution in [0, 0.1) is 5.92 Å². The van der Waals surface area contributed by atoms with Gasteiger partial charge in [0.25, 0.3) is 0 Å². The Labute approximate surface area is 134 Å². The zero-order valence-electron chi connectivity index (χ0n) is 12.8. The molecule has 0 saturated carbocycles. The number of hydrogen-bond acceptors (Lipinski definition) is 2. The number of hydrogen-bond donors (Lipinski definition) is 2. The Hall–Kier alpha value is -1.36. The number of carboxylic acids is 1. The van der Waals surface area contributed by atoms with Crippen LogP contribution in [0.2, 0.25) is 0 Å². The van der Waals surface area contributed by atoms with Gasteiger partial charge in [0.05, 0.1) is 12.3 Å². The number of aliphatic carboxylic acids is 1. The van der Waals surface area contributed by atoms with Crippen LogP contribution in [-0.2, 0) is 9.59 Å². The summed E-state index contributed by atoms with van der Waals surface area (Å²) in [7, 11) is 0. The predicted molar refractivity (Wildman–Crippen MR) is 86.2 cm³/mol. The standard InChI is InChI=1S/C16H22BrNO3/c1-10(2)16(4,9-14(19)20)18-15(21)11(3)12-5-7-13(17)8-6-12/h5-8,10-11H,9H2,1-4H3,(H,18,21)(H,19,20). The Morgan fingerprint density at radius 3 is 2.19 bits per heavy atom. The van der Waals surface area contributed by atoms with Crippen LogP contribution in [0.15, 0.2) is 28.7 Å². The lowest BCUT2D eigenvalue weighted by Gasteiger charge is -2.34. The molecule has 21 heavy (non-hydrogen) atoms. The molecule has 0 aliphatic heterocycles. The first-order valence-electron chi connectivity index (χ1n) is 6.95. The quantitative estimate of drug-likeness (QED) is 0.819. The number of nitrogens with one attached hydrogen (secondary N) is 1. The van der Waals surface area contributed by atoms with Gasteiger partial charge < -0.3 is 10.4 Å². The first-order valence-corrected chi connectivity index (χ1v) is 7.74. The maximum atomic E-state index is 12.4. The van der Waals surface area contributed by atoms with Gasteiger partial charge in [0.15, 0.2) is 0 Å². The summed E-state index contributed by atoms with van der Waals surface area (Å²) >= 11 is 3.36. The van der Waals surface area contributed by atoms with Crippen molar-refractivity contribution in [3.63, 3.8) is 0 Å². The fourth-order valence-corrected chi connectivity index (χ4v) is 2.26. The highest BCUT2D eigenvalue weighted by atomic mass is 79.9. The molecule has 0 aliphatic carbocycles. The molecule has 1 amide bonds. The molecule has 2 unspecified atom stereocenters. The molecule has 4 nitrogen and oxygen atoms in total. The first kappa shape index (κ1) is 17.7. The number of carbonyl (C=O) groups excluding carboxylic acids is 1. The van der Waals surface area contributed by atoms with E-state index in [1.54, 1.807) is 6.92 Å². The van der Waals surface area contributed by atoms with E-state index in [1.807, 2.05) is 45.0 Å². The number of carboxylic acid groups (broad SMARTS) is 1. The fraction of sp³-hybridized carbons (Fsp3) is 0.500. The highest BCUT2D eigenvalue weighted by Crippen LogP contribution is 2.24. The molecule has 1 aromatic carbocycles. The van der Waals surface area contributed by atoms with Crippen molar-refractivity contribution >= 4 is 27.8 Å². The van der Waals surface area contributed by atoms with Gasteiger partial charge in [-0.3, -0.25) is 9.59 Å². The van der Waals surface area contributed by atoms with E-state index in [0.29, 0.717) is 0 Å². The zero-order valence-corrected chi connectivity index (χ0v) is 14.4. The smallest absolute Gasteiger partial charge is 0.305 e. The number of carbonyl (C=O) groups is 2. The average molecular weight is 356 g/mol. The molecule has 1 aromatic rings. The van der Waals surface area contributed by atoms with Crippen molar-refractivity contribution in [2.24, 2.45) is 5.92 Å². The van der Waals surface area contributed by atoms with Crippen LogP contribution in [-0.4, -0.2) is 22.5 Å². The molecule has 0 heterocycles. The van der Waals surface area contributed by atoms with Crippen molar-refractivity contribution in [2.75, 3.05) is 0 Å². The van der Waals surface area contributed by atoms with Crippen LogP contribution in [0.5, 0.6) is 0 Å². The maximum Gasteiger partial charge on any atom is 0.305 e. The van der Waals surface area contributed by atoms with Gasteiger partial charge in [0.2, 0.25) is 5.91 Å². The molecule has 1 rings (SSSR count). The molecule has 0 radical (unpaired) electrons. The lowest BCUT2D eigenvalue weighted by Crippen LogP contribution is -2.52. The Balaban J connectivity index is 2.86. The number of benzene rings is 1. The van der Waals surface area contributed by atoms with Crippen molar-refractivity contribution in [1.82, 2.24) is 5.32 Å². The minimum Gasteiger partial charge on any atom is -0.481 e. The van der Waals surface area contributed by atoms with E-state index in [0.717, 1.165) is 10.0 Å². The van der Waals surface area contributed by atoms with E-state index in [-0.39, 0.29) is 24.2 Å². The van der Waals surface area contributed by atoms with E-state index in [9.17, 15) is 9.59 Å². The fourth-order valence-electron chi connectivity index (χ4n) is 2.00. The second kappa shape index (κ2) is 7.07. The van der Waals surface area contributed by atoms with Crippen LogP contribution >= 0.6 is 15.9 Å². The van der Waals surface area contributed by atoms with Crippen molar-refractivity contribution in [3.8, 4) is 0 Å². The largest absolute Gasteiger partial charge is 0.481 e. The molecule has 5 heteroatoms. The predicted octanol–water partition coefficient (Wildman–Crippen LogP) is 3.56. The van der Waals surface area contributed by atoms with Gasteiger partial charge in [-0.25, -0.2) is 0 Å². The lowest BCUT2D eigenvalue weighted by atomic mass is 9.84. The second-order valence-electron chi connectivity index (χ2n) is 5.91. The Kier molecular flexibility index (Phi) is 5.96. The van der Waals surface area contributed by atoms with E-state index < -0.39 is 11.5 Å². The third-order valence-electron chi connectivity index (χ3n) is 3.96. The van der Waals surface area contributed by atoms with Crippen LogP contribution < -0.4 is 5.32 Å². The maximum absolute atomic E-state index is 12.4. The molecule has 2 N–H and O–H groups in total. The molecular weight excluding hydrogens is 334 g/mol. The second-order valence-corrected chi connectivity index (χ2v) is 6.82. The molecular formula is C16H22BrNO3. The number of halogens is 1. The van der Waals surface area contributed by atoms with Crippen molar-refractivity contribution in [1.29, 1.82) is 0 Å². The van der Waals surface area contributed by atoms with E-state index in [2.05, 4.69) is 21.2 Å². The third kappa shape index (κ3) is 4.84. The van der Waals surface area contributed by atoms with Gasteiger partial charge in [0.1, 0.15) is 0 Å². The van der Waals surface area contributed by atoms with Gasteiger partial charge >= 0.3 is 5.97 Å². The Morgan fingerprint density at radius 2 is 1.76 bits per heavy atom. The minimum atomic E-state index is -0.914. The van der Waals surface area contributed by atoms with Crippen LogP contribution in [0.4, 0.5) is 0 Å². The van der Waals surface area contributed by atoms with Gasteiger partial charge in [-0.2, -0.15) is 0 Å². The molecule has 0 spiro atoms. The summed E-state index contributed by atoms with van der Waals surface area (Å²) in [6.07, 6.45) is -0.0938. The zero-order chi connectivity index (χ0) is 16.2. The number of rotatable bonds is 6. The molecule has 0 bridgehead atoms. The summed E-state index contributed by atoms with van der Waals surface area (Å²) in [5.41, 5.74) is 0.143. The van der Waals surface area contributed by atoms with E-state index >= 15 is 0 Å². The molecule has 2 atom stereocenters. The Bertz CT molecular complexity index is 513. The van der Waals surface area contributed by atoms with Crippen LogP contribution in [0.25, 0.3) is 0 Å². The van der Waals surface area contributed by atoms with Crippen molar-refractivity contribution in [2.45, 2.75) is 45.6 Å². The van der Waals surface area contributed by atoms with Crippen LogP contribution in [0.3, 0.4) is 0 Å². The van der Waals surface area contributed by atoms with Gasteiger partial charge in [-0.15, -0.1) is 0 Å². The van der Waals surface area contributed by atoms with Crippen LogP contribution in [0.1, 0.15) is 45.6 Å². The Morgan fingerprint density at radius 1 is 1.24 bits per heavy atom. The van der Waals surface area contributed by atoms with Gasteiger partial charge in [0, 0.05) is 10.0 Å². The van der Waals surface area contributed by atoms with Gasteiger partial charge in [-0.1, -0.05) is 41.9 Å². The normalized spacial score (nSPS) is 15.3. The summed E-state index contributed by atoms with van der Waals surface area (Å²) < 4.78 is 0.955. The molecule has 0 aliphatic rings. The number of amides is 1. The first-order chi connectivity index (χ1) is 9.65. The van der Waals surface area contributed by atoms with Gasteiger partial charge in [-0.05, 0) is 37.5 Å². The molecule has 0 saturated heterocycles. The van der Waals surface area contributed by atoms with Crippen molar-refractivity contribution in [3.05, 3.63) is 34.3 Å². The highest BCUT2D eigenvalue weighted by molar-refractivity contribution is 9.10. The average Bonchev–Trinajstić information content (AvgIpc) is 2.37. The van der Waals surface area contributed by atoms with E-state index in [4.69, 9.17) is 5.11 Å². The lowest BCUT2D eigenvalue weighted by molar-refractivity contribution is -0.139. The molecule has 0 aromatic heterocycles.